The summed E-state index contributed by atoms with van der Waals surface area (Å²) in [5.74, 6) is -0.631. The topological polar surface area (TPSA) is 65.2 Å². The van der Waals surface area contributed by atoms with E-state index in [1.54, 1.807) is 28.8 Å². The van der Waals surface area contributed by atoms with Crippen LogP contribution in [0.1, 0.15) is 47.1 Å². The van der Waals surface area contributed by atoms with Gasteiger partial charge in [-0.15, -0.1) is 0 Å². The van der Waals surface area contributed by atoms with E-state index in [2.05, 4.69) is 11.8 Å². The van der Waals surface area contributed by atoms with E-state index in [0.29, 0.717) is 44.6 Å². The van der Waals surface area contributed by atoms with Crippen molar-refractivity contribution < 1.29 is 13.6 Å². The number of anilines is 1. The van der Waals surface area contributed by atoms with Crippen LogP contribution in [0.3, 0.4) is 0 Å². The van der Waals surface area contributed by atoms with Crippen LogP contribution in [0, 0.1) is 22.6 Å². The number of fused-ring (bicyclic) bond motifs is 3. The highest BCUT2D eigenvalue weighted by molar-refractivity contribution is 5.94. The summed E-state index contributed by atoms with van der Waals surface area (Å²) in [6.07, 6.45) is 0.765. The fraction of sp³-hybridized carbons (Fsp3) is 0.500. The van der Waals surface area contributed by atoms with Crippen LogP contribution in [0.2, 0.25) is 0 Å². The lowest BCUT2D eigenvalue weighted by Gasteiger charge is -2.44. The second kappa shape index (κ2) is 6.53. The molecule has 156 valence electrons. The quantitative estimate of drug-likeness (QED) is 0.724. The Balaban J connectivity index is 1.54. The predicted octanol–water partition coefficient (Wildman–Crippen LogP) is 3.05. The second-order valence-corrected chi connectivity index (χ2v) is 9.06. The number of aromatic nitrogens is 2. The standard InChI is InChI=1S/C22H23F2N5O/c1-13-5-19-17(10-28(13)16-3-4-18(24)14(6-16)9-25)20-21(30)27(2)11-22(7-15(23)8-22)12-29(20)26-19/h3-4,6,13,15H,5,7-8,10-12H2,1-2H3/t13-,15?,22?/m1/s1. The van der Waals surface area contributed by atoms with E-state index in [9.17, 15) is 18.8 Å². The van der Waals surface area contributed by atoms with E-state index < -0.39 is 12.0 Å². The summed E-state index contributed by atoms with van der Waals surface area (Å²) in [4.78, 5) is 17.0. The number of nitriles is 1. The van der Waals surface area contributed by atoms with E-state index >= 15 is 0 Å². The van der Waals surface area contributed by atoms with Gasteiger partial charge in [0.25, 0.3) is 5.91 Å². The Hall–Kier alpha value is -2.95. The summed E-state index contributed by atoms with van der Waals surface area (Å²) in [5.41, 5.74) is 2.85. The highest BCUT2D eigenvalue weighted by Crippen LogP contribution is 2.47. The van der Waals surface area contributed by atoms with Crippen molar-refractivity contribution in [3.63, 3.8) is 0 Å². The van der Waals surface area contributed by atoms with E-state index in [4.69, 9.17) is 5.10 Å². The summed E-state index contributed by atoms with van der Waals surface area (Å²) in [6.45, 7) is 3.60. The number of hydrogen-bond acceptors (Lipinski definition) is 4. The van der Waals surface area contributed by atoms with Crippen molar-refractivity contribution in [2.45, 2.75) is 51.5 Å². The summed E-state index contributed by atoms with van der Waals surface area (Å²) in [7, 11) is 1.77. The number of rotatable bonds is 1. The molecule has 1 saturated carbocycles. The van der Waals surface area contributed by atoms with E-state index in [1.165, 1.54) is 6.07 Å². The summed E-state index contributed by atoms with van der Waals surface area (Å²) in [5, 5.41) is 14.0. The Kier molecular flexibility index (Phi) is 4.14. The number of amides is 1. The number of nitrogens with zero attached hydrogens (tertiary/aromatic N) is 5. The molecule has 2 aromatic rings. The minimum atomic E-state index is -0.802. The minimum absolute atomic E-state index is 0.00263. The van der Waals surface area contributed by atoms with Crippen LogP contribution < -0.4 is 4.90 Å². The molecule has 6 nitrogen and oxygen atoms in total. The third-order valence-corrected chi connectivity index (χ3v) is 6.80. The molecule has 1 aromatic heterocycles. The van der Waals surface area contributed by atoms with Crippen LogP contribution in [0.15, 0.2) is 18.2 Å². The molecule has 1 spiro atoms. The third-order valence-electron chi connectivity index (χ3n) is 6.80. The van der Waals surface area contributed by atoms with Crippen LogP contribution in [-0.4, -0.2) is 46.4 Å². The van der Waals surface area contributed by atoms with Crippen LogP contribution in [0.4, 0.5) is 14.5 Å². The van der Waals surface area contributed by atoms with Crippen LogP contribution >= 0.6 is 0 Å². The number of carbonyl (C=O) groups excluding carboxylic acids is 1. The lowest BCUT2D eigenvalue weighted by Crippen LogP contribution is -2.48. The second-order valence-electron chi connectivity index (χ2n) is 9.06. The Morgan fingerprint density at radius 3 is 2.77 bits per heavy atom. The molecular formula is C22H23F2N5O. The third kappa shape index (κ3) is 2.79. The van der Waals surface area contributed by atoms with Gasteiger partial charge in [-0.25, -0.2) is 8.78 Å². The van der Waals surface area contributed by atoms with Gasteiger partial charge in [-0.1, -0.05) is 0 Å². The fourth-order valence-corrected chi connectivity index (χ4v) is 5.33. The van der Waals surface area contributed by atoms with E-state index in [0.717, 1.165) is 16.9 Å². The van der Waals surface area contributed by atoms with Gasteiger partial charge in [-0.3, -0.25) is 9.48 Å². The Bertz CT molecular complexity index is 1080. The zero-order valence-corrected chi connectivity index (χ0v) is 17.0. The molecular weight excluding hydrogens is 388 g/mol. The van der Waals surface area contributed by atoms with Crippen molar-refractivity contribution in [1.29, 1.82) is 5.26 Å². The van der Waals surface area contributed by atoms with E-state index in [-0.39, 0.29) is 22.9 Å². The van der Waals surface area contributed by atoms with Gasteiger partial charge < -0.3 is 9.80 Å². The molecule has 2 aliphatic heterocycles. The highest BCUT2D eigenvalue weighted by Gasteiger charge is 2.49. The van der Waals surface area contributed by atoms with Crippen molar-refractivity contribution in [2.24, 2.45) is 5.41 Å². The molecule has 1 aromatic carbocycles. The molecule has 1 atom stereocenters. The molecule has 0 radical (unpaired) electrons. The first-order valence-corrected chi connectivity index (χ1v) is 10.2. The van der Waals surface area contributed by atoms with Crippen LogP contribution in [0.5, 0.6) is 0 Å². The van der Waals surface area contributed by atoms with Crippen LogP contribution in [-0.2, 0) is 19.5 Å². The average molecular weight is 411 g/mol. The predicted molar refractivity (Wildman–Crippen MR) is 106 cm³/mol. The molecule has 5 rings (SSSR count). The van der Waals surface area contributed by atoms with Crippen LogP contribution in [0.25, 0.3) is 0 Å². The first kappa shape index (κ1) is 19.0. The molecule has 8 heteroatoms. The van der Waals surface area contributed by atoms with Crippen molar-refractivity contribution in [2.75, 3.05) is 18.5 Å². The van der Waals surface area contributed by atoms with Crippen molar-refractivity contribution >= 4 is 11.6 Å². The van der Waals surface area contributed by atoms with Gasteiger partial charge in [-0.05, 0) is 38.0 Å². The smallest absolute Gasteiger partial charge is 0.272 e. The molecule has 0 bridgehead atoms. The van der Waals surface area contributed by atoms with Gasteiger partial charge in [-0.2, -0.15) is 10.4 Å². The van der Waals surface area contributed by atoms with Gasteiger partial charge in [0.1, 0.15) is 23.8 Å². The summed E-state index contributed by atoms with van der Waals surface area (Å²) in [6, 6.07) is 6.49. The molecule has 1 aliphatic carbocycles. The first-order valence-electron chi connectivity index (χ1n) is 10.2. The molecule has 0 unspecified atom stereocenters. The normalized spacial score (nSPS) is 27.9. The van der Waals surface area contributed by atoms with Crippen molar-refractivity contribution in [3.05, 3.63) is 46.5 Å². The fourth-order valence-electron chi connectivity index (χ4n) is 5.33. The molecule has 3 heterocycles. The molecule has 30 heavy (non-hydrogen) atoms. The SMILES string of the molecule is C[C@@H]1Cc2nn3c(c2CN1c1ccc(F)c(C#N)c1)C(=O)N(C)CC1(CC(F)C1)C3. The maximum atomic E-state index is 13.8. The van der Waals surface area contributed by atoms with Crippen molar-refractivity contribution in [3.8, 4) is 6.07 Å². The lowest BCUT2D eigenvalue weighted by molar-refractivity contribution is -0.00789. The largest absolute Gasteiger partial charge is 0.364 e. The van der Waals surface area contributed by atoms with Gasteiger partial charge >= 0.3 is 0 Å². The summed E-state index contributed by atoms with van der Waals surface area (Å²) < 4.78 is 29.3. The molecule has 0 N–H and O–H groups in total. The average Bonchev–Trinajstić information content (AvgIpc) is 2.97. The number of hydrogen-bond donors (Lipinski definition) is 0. The molecule has 3 aliphatic rings. The zero-order valence-electron chi connectivity index (χ0n) is 17.0. The minimum Gasteiger partial charge on any atom is -0.364 e. The first-order chi connectivity index (χ1) is 14.3. The molecule has 1 fully saturated rings. The van der Waals surface area contributed by atoms with E-state index in [1.807, 2.05) is 6.07 Å². The monoisotopic (exact) mass is 411 g/mol. The number of carbonyl (C=O) groups is 1. The molecule has 1 amide bonds. The molecule has 0 saturated heterocycles. The Morgan fingerprint density at radius 1 is 1.30 bits per heavy atom. The maximum Gasteiger partial charge on any atom is 0.272 e. The lowest BCUT2D eigenvalue weighted by atomic mass is 9.67. The van der Waals surface area contributed by atoms with Gasteiger partial charge in [0, 0.05) is 55.8 Å². The summed E-state index contributed by atoms with van der Waals surface area (Å²) >= 11 is 0. The zero-order chi connectivity index (χ0) is 21.2. The van der Waals surface area contributed by atoms with Gasteiger partial charge in [0.2, 0.25) is 0 Å². The van der Waals surface area contributed by atoms with Gasteiger partial charge in [0.05, 0.1) is 11.3 Å². The number of benzene rings is 1. The Morgan fingerprint density at radius 2 is 2.07 bits per heavy atom. The number of halogens is 2. The maximum absolute atomic E-state index is 13.8. The van der Waals surface area contributed by atoms with Gasteiger partial charge in [0.15, 0.2) is 0 Å². The Labute approximate surface area is 173 Å². The number of alkyl halides is 1. The van der Waals surface area contributed by atoms with Crippen molar-refractivity contribution in [1.82, 2.24) is 14.7 Å². The highest BCUT2D eigenvalue weighted by atomic mass is 19.1.